The fraction of sp³-hybridized carbons (Fsp3) is 0.235. The third kappa shape index (κ3) is 4.30. The van der Waals surface area contributed by atoms with E-state index in [1.165, 1.54) is 6.07 Å². The van der Waals surface area contributed by atoms with Crippen LogP contribution in [0.4, 0.5) is 10.1 Å². The molecule has 2 aromatic rings. The zero-order valence-corrected chi connectivity index (χ0v) is 12.7. The summed E-state index contributed by atoms with van der Waals surface area (Å²) in [4.78, 5) is 13.0. The summed E-state index contributed by atoms with van der Waals surface area (Å²) >= 11 is 0. The van der Waals surface area contributed by atoms with Gasteiger partial charge >= 0.3 is 0 Å². The number of para-hydroxylation sites is 2. The quantitative estimate of drug-likeness (QED) is 0.849. The van der Waals surface area contributed by atoms with Gasteiger partial charge in [0.05, 0.1) is 19.8 Å². The van der Waals surface area contributed by atoms with E-state index in [1.807, 2.05) is 19.2 Å². The molecule has 0 heterocycles. The molecule has 1 unspecified atom stereocenters. The van der Waals surface area contributed by atoms with E-state index in [0.717, 1.165) is 4.90 Å². The number of hydrogen-bond donors (Lipinski definition) is 2. The number of amides is 1. The van der Waals surface area contributed by atoms with Crippen molar-refractivity contribution >= 4 is 11.6 Å². The summed E-state index contributed by atoms with van der Waals surface area (Å²) < 4.78 is 18.8. The number of likely N-dealkylation sites (N-methyl/N-ethyl adjacent to an activating group) is 1. The normalized spacial score (nSPS) is 11.8. The highest BCUT2D eigenvalue weighted by Gasteiger charge is 2.14. The minimum absolute atomic E-state index is 0.140. The molecule has 0 saturated carbocycles. The van der Waals surface area contributed by atoms with Gasteiger partial charge in [0.2, 0.25) is 0 Å². The van der Waals surface area contributed by atoms with Gasteiger partial charge in [-0.05, 0) is 18.2 Å². The summed E-state index contributed by atoms with van der Waals surface area (Å²) in [6.45, 7) is 0.693. The Morgan fingerprint density at radius 3 is 2.59 bits per heavy atom. The maximum absolute atomic E-state index is 13.6. The molecule has 1 atom stereocenters. The lowest BCUT2D eigenvalue weighted by molar-refractivity contribution is -0.885. The van der Waals surface area contributed by atoms with E-state index in [2.05, 4.69) is 5.32 Å². The van der Waals surface area contributed by atoms with Crippen LogP contribution in [0.3, 0.4) is 0 Å². The minimum Gasteiger partial charge on any atom is -0.495 e. The molecule has 1 amide bonds. The maximum Gasteiger partial charge on any atom is 0.279 e. The van der Waals surface area contributed by atoms with E-state index in [9.17, 15) is 9.18 Å². The van der Waals surface area contributed by atoms with E-state index >= 15 is 0 Å². The number of methoxy groups -OCH3 is 1. The van der Waals surface area contributed by atoms with Gasteiger partial charge in [-0.25, -0.2) is 4.39 Å². The zero-order chi connectivity index (χ0) is 15.9. The number of anilines is 1. The van der Waals surface area contributed by atoms with Gasteiger partial charge in [0.25, 0.3) is 5.91 Å². The lowest BCUT2D eigenvalue weighted by atomic mass is 10.2. The van der Waals surface area contributed by atoms with Crippen LogP contribution in [0.25, 0.3) is 0 Å². The number of quaternary nitrogens is 1. The molecule has 2 rings (SSSR count). The van der Waals surface area contributed by atoms with Crippen LogP contribution in [-0.2, 0) is 11.3 Å². The van der Waals surface area contributed by atoms with Gasteiger partial charge in [-0.15, -0.1) is 0 Å². The van der Waals surface area contributed by atoms with Crippen molar-refractivity contribution in [3.63, 3.8) is 0 Å². The van der Waals surface area contributed by atoms with Gasteiger partial charge in [0, 0.05) is 5.56 Å². The summed E-state index contributed by atoms with van der Waals surface area (Å²) in [5.74, 6) is 0.230. The van der Waals surface area contributed by atoms with Crippen molar-refractivity contribution in [3.05, 3.63) is 59.9 Å². The summed E-state index contributed by atoms with van der Waals surface area (Å²) in [7, 11) is 3.41. The molecule has 0 fully saturated rings. The Balaban J connectivity index is 1.93. The number of benzene rings is 2. The lowest BCUT2D eigenvalue weighted by Gasteiger charge is -2.15. The molecule has 2 aromatic carbocycles. The maximum atomic E-state index is 13.6. The monoisotopic (exact) mass is 303 g/mol. The van der Waals surface area contributed by atoms with Crippen molar-refractivity contribution < 1.29 is 18.8 Å². The summed E-state index contributed by atoms with van der Waals surface area (Å²) in [6, 6.07) is 13.8. The first-order chi connectivity index (χ1) is 10.6. The van der Waals surface area contributed by atoms with Crippen LogP contribution in [0.15, 0.2) is 48.5 Å². The van der Waals surface area contributed by atoms with Gasteiger partial charge < -0.3 is 15.0 Å². The first-order valence-corrected chi connectivity index (χ1v) is 7.07. The molecular weight excluding hydrogens is 283 g/mol. The Labute approximate surface area is 129 Å². The Hall–Kier alpha value is -2.40. The Morgan fingerprint density at radius 2 is 1.86 bits per heavy atom. The number of rotatable bonds is 6. The Morgan fingerprint density at radius 1 is 1.18 bits per heavy atom. The zero-order valence-electron chi connectivity index (χ0n) is 12.7. The van der Waals surface area contributed by atoms with E-state index in [4.69, 9.17) is 4.74 Å². The molecule has 0 aliphatic carbocycles. The second-order valence-electron chi connectivity index (χ2n) is 5.15. The molecule has 0 aliphatic heterocycles. The van der Waals surface area contributed by atoms with Crippen LogP contribution in [-0.4, -0.2) is 26.6 Å². The Kier molecular flexibility index (Phi) is 5.49. The molecule has 5 heteroatoms. The van der Waals surface area contributed by atoms with Crippen LogP contribution in [0.2, 0.25) is 0 Å². The molecule has 0 spiro atoms. The highest BCUT2D eigenvalue weighted by atomic mass is 19.1. The molecule has 0 radical (unpaired) electrons. The van der Waals surface area contributed by atoms with Crippen molar-refractivity contribution in [2.24, 2.45) is 0 Å². The largest absolute Gasteiger partial charge is 0.495 e. The second kappa shape index (κ2) is 7.56. The lowest BCUT2D eigenvalue weighted by Crippen LogP contribution is -3.08. The molecule has 2 N–H and O–H groups in total. The van der Waals surface area contributed by atoms with Crippen molar-refractivity contribution in [2.45, 2.75) is 6.54 Å². The first kappa shape index (κ1) is 16.0. The summed E-state index contributed by atoms with van der Waals surface area (Å²) in [5.41, 5.74) is 1.23. The van der Waals surface area contributed by atoms with Crippen molar-refractivity contribution in [3.8, 4) is 5.75 Å². The van der Waals surface area contributed by atoms with E-state index in [-0.39, 0.29) is 18.3 Å². The molecular formula is C17H20FN2O2+. The molecule has 0 aromatic heterocycles. The van der Waals surface area contributed by atoms with Crippen LogP contribution in [0, 0.1) is 5.82 Å². The fourth-order valence-corrected chi connectivity index (χ4v) is 2.25. The van der Waals surface area contributed by atoms with E-state index < -0.39 is 0 Å². The topological polar surface area (TPSA) is 42.8 Å². The molecule has 4 nitrogen and oxygen atoms in total. The third-order valence-corrected chi connectivity index (χ3v) is 3.29. The van der Waals surface area contributed by atoms with Gasteiger partial charge in [0.15, 0.2) is 6.54 Å². The predicted octanol–water partition coefficient (Wildman–Crippen LogP) is 1.49. The molecule has 0 bridgehead atoms. The molecule has 116 valence electrons. The summed E-state index contributed by atoms with van der Waals surface area (Å²) in [5, 5.41) is 2.81. The molecule has 0 aliphatic rings. The van der Waals surface area contributed by atoms with Gasteiger partial charge in [-0.1, -0.05) is 30.3 Å². The number of ether oxygens (including phenoxy) is 1. The standard InChI is InChI=1S/C17H19FN2O2/c1-20(11-13-7-3-4-8-14(13)18)12-17(21)19-15-9-5-6-10-16(15)22-2/h3-10H,11-12H2,1-2H3,(H,19,21)/p+1. The van der Waals surface area contributed by atoms with Crippen LogP contribution in [0.1, 0.15) is 5.56 Å². The smallest absolute Gasteiger partial charge is 0.279 e. The van der Waals surface area contributed by atoms with Crippen molar-refractivity contribution in [1.29, 1.82) is 0 Å². The van der Waals surface area contributed by atoms with E-state index in [0.29, 0.717) is 23.5 Å². The highest BCUT2D eigenvalue weighted by Crippen LogP contribution is 2.22. The van der Waals surface area contributed by atoms with E-state index in [1.54, 1.807) is 37.4 Å². The van der Waals surface area contributed by atoms with Crippen molar-refractivity contribution in [1.82, 2.24) is 0 Å². The minimum atomic E-state index is -0.244. The number of halogens is 1. The third-order valence-electron chi connectivity index (χ3n) is 3.29. The number of hydrogen-bond acceptors (Lipinski definition) is 2. The fourth-order valence-electron chi connectivity index (χ4n) is 2.25. The highest BCUT2D eigenvalue weighted by molar-refractivity contribution is 5.92. The second-order valence-corrected chi connectivity index (χ2v) is 5.15. The molecule has 0 saturated heterocycles. The number of carbonyl (C=O) groups is 1. The average Bonchev–Trinajstić information content (AvgIpc) is 2.50. The van der Waals surface area contributed by atoms with Gasteiger partial charge in [-0.3, -0.25) is 4.79 Å². The molecule has 22 heavy (non-hydrogen) atoms. The van der Waals surface area contributed by atoms with Gasteiger partial charge in [-0.2, -0.15) is 0 Å². The predicted molar refractivity (Wildman–Crippen MR) is 83.5 cm³/mol. The average molecular weight is 303 g/mol. The SMILES string of the molecule is COc1ccccc1NC(=O)C[NH+](C)Cc1ccccc1F. The van der Waals surface area contributed by atoms with Crippen LogP contribution < -0.4 is 15.0 Å². The van der Waals surface area contributed by atoms with Gasteiger partial charge in [0.1, 0.15) is 18.1 Å². The van der Waals surface area contributed by atoms with Crippen LogP contribution in [0.5, 0.6) is 5.75 Å². The Bertz CT molecular complexity index is 646. The number of carbonyl (C=O) groups excluding carboxylic acids is 1. The number of nitrogens with one attached hydrogen (secondary N) is 2. The van der Waals surface area contributed by atoms with Crippen molar-refractivity contribution in [2.75, 3.05) is 26.0 Å². The summed E-state index contributed by atoms with van der Waals surface area (Å²) in [6.07, 6.45) is 0. The first-order valence-electron chi connectivity index (χ1n) is 7.07. The van der Waals surface area contributed by atoms with Crippen LogP contribution >= 0.6 is 0 Å².